The summed E-state index contributed by atoms with van der Waals surface area (Å²) in [5.74, 6) is -0.648. The monoisotopic (exact) mass is 293 g/mol. The molecule has 2 rings (SSSR count). The first-order valence-electron chi connectivity index (χ1n) is 7.42. The smallest absolute Gasteiger partial charge is 0.310 e. The standard InChI is InChI=1S/C15H23N3O3/c1-10-12(9-18(2)17-10)14(19)16-13-8-6-4-5-7-11(13)15(20)21-3/h9,11,13H,4-8H2,1-3H3,(H,16,19)/t11-,13-/m1/s1. The molecule has 21 heavy (non-hydrogen) atoms. The highest BCUT2D eigenvalue weighted by Gasteiger charge is 2.32. The van der Waals surface area contributed by atoms with Crippen LogP contribution < -0.4 is 5.32 Å². The van der Waals surface area contributed by atoms with Crippen LogP contribution in [0.3, 0.4) is 0 Å². The molecule has 1 aliphatic carbocycles. The van der Waals surface area contributed by atoms with Gasteiger partial charge in [0, 0.05) is 19.3 Å². The van der Waals surface area contributed by atoms with Crippen LogP contribution >= 0.6 is 0 Å². The topological polar surface area (TPSA) is 73.2 Å². The average molecular weight is 293 g/mol. The van der Waals surface area contributed by atoms with Gasteiger partial charge in [-0.1, -0.05) is 19.3 Å². The molecule has 1 amide bonds. The van der Waals surface area contributed by atoms with E-state index >= 15 is 0 Å². The molecule has 0 aliphatic heterocycles. The van der Waals surface area contributed by atoms with Crippen LogP contribution in [0.25, 0.3) is 0 Å². The third kappa shape index (κ3) is 3.62. The normalized spacial score (nSPS) is 22.4. The van der Waals surface area contributed by atoms with Gasteiger partial charge in [-0.2, -0.15) is 5.10 Å². The van der Waals surface area contributed by atoms with Crippen molar-refractivity contribution < 1.29 is 14.3 Å². The van der Waals surface area contributed by atoms with Gasteiger partial charge in [0.2, 0.25) is 0 Å². The molecule has 1 fully saturated rings. The Balaban J connectivity index is 2.12. The maximum absolute atomic E-state index is 12.4. The van der Waals surface area contributed by atoms with E-state index in [-0.39, 0.29) is 23.8 Å². The third-order valence-electron chi connectivity index (χ3n) is 4.09. The Kier molecular flexibility index (Phi) is 4.98. The summed E-state index contributed by atoms with van der Waals surface area (Å²) in [6.45, 7) is 1.81. The van der Waals surface area contributed by atoms with E-state index in [1.165, 1.54) is 7.11 Å². The van der Waals surface area contributed by atoms with Gasteiger partial charge in [0.15, 0.2) is 0 Å². The number of ether oxygens (including phenoxy) is 1. The molecule has 0 radical (unpaired) electrons. The molecular weight excluding hydrogens is 270 g/mol. The van der Waals surface area contributed by atoms with Gasteiger partial charge < -0.3 is 10.1 Å². The van der Waals surface area contributed by atoms with Gasteiger partial charge in [-0.3, -0.25) is 14.3 Å². The molecule has 0 spiro atoms. The number of hydrogen-bond acceptors (Lipinski definition) is 4. The van der Waals surface area contributed by atoms with Crippen molar-refractivity contribution in [3.05, 3.63) is 17.5 Å². The number of esters is 1. The number of nitrogens with zero attached hydrogens (tertiary/aromatic N) is 2. The van der Waals surface area contributed by atoms with Crippen molar-refractivity contribution in [2.45, 2.75) is 45.1 Å². The molecule has 0 saturated heterocycles. The fourth-order valence-corrected chi connectivity index (χ4v) is 2.98. The lowest BCUT2D eigenvalue weighted by Gasteiger charge is -2.24. The Morgan fingerprint density at radius 2 is 2.05 bits per heavy atom. The number of methoxy groups -OCH3 is 1. The van der Waals surface area contributed by atoms with Crippen LogP contribution in [0, 0.1) is 12.8 Å². The second-order valence-corrected chi connectivity index (χ2v) is 5.65. The molecular formula is C15H23N3O3. The van der Waals surface area contributed by atoms with Crippen molar-refractivity contribution in [2.24, 2.45) is 13.0 Å². The number of amides is 1. The molecule has 1 aliphatic rings. The van der Waals surface area contributed by atoms with Gasteiger partial charge in [-0.15, -0.1) is 0 Å². The molecule has 1 aromatic rings. The summed E-state index contributed by atoms with van der Waals surface area (Å²) < 4.78 is 6.50. The molecule has 1 aromatic heterocycles. The highest BCUT2D eigenvalue weighted by molar-refractivity contribution is 5.95. The summed E-state index contributed by atoms with van der Waals surface area (Å²) >= 11 is 0. The maximum Gasteiger partial charge on any atom is 0.310 e. The van der Waals surface area contributed by atoms with Gasteiger partial charge in [-0.25, -0.2) is 0 Å². The lowest BCUT2D eigenvalue weighted by Crippen LogP contribution is -2.43. The molecule has 6 heteroatoms. The summed E-state index contributed by atoms with van der Waals surface area (Å²) in [4.78, 5) is 24.3. The highest BCUT2D eigenvalue weighted by atomic mass is 16.5. The van der Waals surface area contributed by atoms with Crippen molar-refractivity contribution in [3.63, 3.8) is 0 Å². The zero-order valence-electron chi connectivity index (χ0n) is 12.9. The predicted molar refractivity (Wildman–Crippen MR) is 77.8 cm³/mol. The van der Waals surface area contributed by atoms with Crippen molar-refractivity contribution in [3.8, 4) is 0 Å². The molecule has 2 atom stereocenters. The summed E-state index contributed by atoms with van der Waals surface area (Å²) in [5, 5.41) is 7.18. The van der Waals surface area contributed by atoms with Crippen LogP contribution in [0.4, 0.5) is 0 Å². The summed E-state index contributed by atoms with van der Waals surface area (Å²) in [7, 11) is 3.18. The lowest BCUT2D eigenvalue weighted by molar-refractivity contribution is -0.146. The second kappa shape index (κ2) is 6.74. The molecule has 6 nitrogen and oxygen atoms in total. The number of aromatic nitrogens is 2. The van der Waals surface area contributed by atoms with E-state index in [0.29, 0.717) is 11.3 Å². The molecule has 0 unspecified atom stereocenters. The van der Waals surface area contributed by atoms with Gasteiger partial charge >= 0.3 is 5.97 Å². The molecule has 1 heterocycles. The fourth-order valence-electron chi connectivity index (χ4n) is 2.98. The van der Waals surface area contributed by atoms with E-state index in [0.717, 1.165) is 32.1 Å². The Hall–Kier alpha value is -1.85. The van der Waals surface area contributed by atoms with E-state index < -0.39 is 0 Å². The van der Waals surface area contributed by atoms with E-state index in [2.05, 4.69) is 10.4 Å². The quantitative estimate of drug-likeness (QED) is 0.678. The van der Waals surface area contributed by atoms with Gasteiger partial charge in [0.25, 0.3) is 5.91 Å². The number of rotatable bonds is 3. The van der Waals surface area contributed by atoms with E-state index in [4.69, 9.17) is 4.74 Å². The van der Waals surface area contributed by atoms with Gasteiger partial charge in [0.1, 0.15) is 0 Å². The number of carbonyl (C=O) groups excluding carboxylic acids is 2. The zero-order chi connectivity index (χ0) is 15.4. The van der Waals surface area contributed by atoms with Crippen molar-refractivity contribution in [1.29, 1.82) is 0 Å². The summed E-state index contributed by atoms with van der Waals surface area (Å²) in [5.41, 5.74) is 1.25. The first kappa shape index (κ1) is 15.5. The number of hydrogen-bond donors (Lipinski definition) is 1. The third-order valence-corrected chi connectivity index (χ3v) is 4.09. The van der Waals surface area contributed by atoms with Crippen LogP contribution in [-0.4, -0.2) is 34.8 Å². The first-order chi connectivity index (χ1) is 10.0. The first-order valence-corrected chi connectivity index (χ1v) is 7.42. The Labute approximate surface area is 124 Å². The Morgan fingerprint density at radius 3 is 2.67 bits per heavy atom. The Bertz CT molecular complexity index is 524. The number of nitrogens with one attached hydrogen (secondary N) is 1. The number of aryl methyl sites for hydroxylation is 2. The van der Waals surface area contributed by atoms with E-state index in [1.807, 2.05) is 0 Å². The minimum atomic E-state index is -0.251. The predicted octanol–water partition coefficient (Wildman–Crippen LogP) is 1.58. The summed E-state index contributed by atoms with van der Waals surface area (Å²) in [6, 6.07) is -0.160. The van der Waals surface area contributed by atoms with Crippen molar-refractivity contribution >= 4 is 11.9 Å². The summed E-state index contributed by atoms with van der Waals surface area (Å²) in [6.07, 6.45) is 6.39. The molecule has 0 bridgehead atoms. The highest BCUT2D eigenvalue weighted by Crippen LogP contribution is 2.25. The van der Waals surface area contributed by atoms with Crippen molar-refractivity contribution in [1.82, 2.24) is 15.1 Å². The van der Waals surface area contributed by atoms with Gasteiger partial charge in [-0.05, 0) is 19.8 Å². The molecule has 116 valence electrons. The van der Waals surface area contributed by atoms with E-state index in [1.54, 1.807) is 24.9 Å². The van der Waals surface area contributed by atoms with Crippen LogP contribution in [0.1, 0.15) is 48.2 Å². The Morgan fingerprint density at radius 1 is 1.33 bits per heavy atom. The minimum absolute atomic E-state index is 0.160. The largest absolute Gasteiger partial charge is 0.469 e. The van der Waals surface area contributed by atoms with Crippen LogP contribution in [0.15, 0.2) is 6.20 Å². The van der Waals surface area contributed by atoms with Gasteiger partial charge in [0.05, 0.1) is 24.3 Å². The molecule has 1 saturated carbocycles. The van der Waals surface area contributed by atoms with Crippen LogP contribution in [0.5, 0.6) is 0 Å². The second-order valence-electron chi connectivity index (χ2n) is 5.65. The van der Waals surface area contributed by atoms with Crippen molar-refractivity contribution in [2.75, 3.05) is 7.11 Å². The SMILES string of the molecule is COC(=O)[C@@H]1CCCCC[C@H]1NC(=O)c1cn(C)nc1C. The van der Waals surface area contributed by atoms with Crippen LogP contribution in [0.2, 0.25) is 0 Å². The lowest BCUT2D eigenvalue weighted by atomic mass is 9.94. The molecule has 0 aromatic carbocycles. The van der Waals surface area contributed by atoms with Crippen LogP contribution in [-0.2, 0) is 16.6 Å². The average Bonchev–Trinajstić information content (AvgIpc) is 2.65. The maximum atomic E-state index is 12.4. The zero-order valence-corrected chi connectivity index (χ0v) is 12.9. The minimum Gasteiger partial charge on any atom is -0.469 e. The van der Waals surface area contributed by atoms with E-state index in [9.17, 15) is 9.59 Å². The number of carbonyl (C=O) groups is 2. The fraction of sp³-hybridized carbons (Fsp3) is 0.667. The molecule has 1 N–H and O–H groups in total.